The smallest absolute Gasteiger partial charge is 0.259 e. The van der Waals surface area contributed by atoms with Crippen molar-refractivity contribution in [2.75, 3.05) is 26.6 Å². The number of ether oxygens (including phenoxy) is 3. The summed E-state index contributed by atoms with van der Waals surface area (Å²) in [5, 5.41) is 3.27. The fourth-order valence-corrected chi connectivity index (χ4v) is 2.58. The molecular weight excluding hydrogens is 433 g/mol. The molecule has 0 saturated heterocycles. The van der Waals surface area contributed by atoms with E-state index in [9.17, 15) is 4.79 Å². The summed E-state index contributed by atoms with van der Waals surface area (Å²) in [5.74, 6) is 1.22. The molecule has 0 spiro atoms. The van der Waals surface area contributed by atoms with Gasteiger partial charge in [0.05, 0.1) is 37.6 Å². The summed E-state index contributed by atoms with van der Waals surface area (Å²) in [6, 6.07) is 8.42. The Labute approximate surface area is 153 Å². The molecule has 1 N–H and O–H groups in total. The van der Waals surface area contributed by atoms with Crippen LogP contribution in [0.2, 0.25) is 5.02 Å². The largest absolute Gasteiger partial charge is 0.497 e. The Bertz CT molecular complexity index is 736. The van der Waals surface area contributed by atoms with Gasteiger partial charge < -0.3 is 19.5 Å². The van der Waals surface area contributed by atoms with Crippen molar-refractivity contribution < 1.29 is 19.0 Å². The normalized spacial score (nSPS) is 10.1. The molecule has 0 saturated carbocycles. The fourth-order valence-electron chi connectivity index (χ4n) is 1.98. The molecule has 122 valence electrons. The number of nitrogens with one attached hydrogen (secondary N) is 1. The number of methoxy groups -OCH3 is 3. The SMILES string of the molecule is COc1ccc(OC)c(NC(=O)c2cc(Cl)c(I)cc2OC)c1. The summed E-state index contributed by atoms with van der Waals surface area (Å²) < 4.78 is 16.5. The van der Waals surface area contributed by atoms with Gasteiger partial charge >= 0.3 is 0 Å². The second-order valence-corrected chi connectivity index (χ2v) is 6.06. The first-order valence-corrected chi connectivity index (χ1v) is 8.02. The van der Waals surface area contributed by atoms with E-state index in [1.54, 1.807) is 37.4 Å². The lowest BCUT2D eigenvalue weighted by Crippen LogP contribution is -2.14. The number of amides is 1. The highest BCUT2D eigenvalue weighted by molar-refractivity contribution is 14.1. The molecule has 0 heterocycles. The van der Waals surface area contributed by atoms with Gasteiger partial charge in [-0.25, -0.2) is 0 Å². The average molecular weight is 448 g/mol. The lowest BCUT2D eigenvalue weighted by Gasteiger charge is -2.14. The molecule has 0 atom stereocenters. The maximum Gasteiger partial charge on any atom is 0.259 e. The minimum absolute atomic E-state index is 0.336. The van der Waals surface area contributed by atoms with Gasteiger partial charge in [0.1, 0.15) is 17.2 Å². The first-order chi connectivity index (χ1) is 11.0. The first-order valence-electron chi connectivity index (χ1n) is 6.56. The molecule has 2 aromatic carbocycles. The van der Waals surface area contributed by atoms with Crippen molar-refractivity contribution in [2.24, 2.45) is 0 Å². The van der Waals surface area contributed by atoms with Crippen LogP contribution in [0.1, 0.15) is 10.4 Å². The average Bonchev–Trinajstić information content (AvgIpc) is 2.56. The van der Waals surface area contributed by atoms with Gasteiger partial charge in [-0.05, 0) is 46.9 Å². The van der Waals surface area contributed by atoms with Crippen LogP contribution in [-0.4, -0.2) is 27.2 Å². The van der Waals surface area contributed by atoms with Gasteiger partial charge in [0, 0.05) is 9.64 Å². The molecule has 2 rings (SSSR count). The predicted molar refractivity (Wildman–Crippen MR) is 98.2 cm³/mol. The molecule has 0 fully saturated rings. The van der Waals surface area contributed by atoms with Gasteiger partial charge in [0.15, 0.2) is 0 Å². The molecule has 0 aromatic heterocycles. The molecule has 0 bridgehead atoms. The van der Waals surface area contributed by atoms with Crippen LogP contribution in [0, 0.1) is 3.57 Å². The Kier molecular flexibility index (Phi) is 5.95. The van der Waals surface area contributed by atoms with Gasteiger partial charge in [0.2, 0.25) is 0 Å². The van der Waals surface area contributed by atoms with E-state index in [4.69, 9.17) is 25.8 Å². The predicted octanol–water partition coefficient (Wildman–Crippen LogP) is 4.22. The molecular formula is C16H15ClINO4. The Balaban J connectivity index is 2.38. The van der Waals surface area contributed by atoms with Crippen molar-refractivity contribution >= 4 is 45.8 Å². The summed E-state index contributed by atoms with van der Waals surface area (Å²) in [7, 11) is 4.58. The second-order valence-electron chi connectivity index (χ2n) is 4.49. The van der Waals surface area contributed by atoms with Crippen LogP contribution in [0.15, 0.2) is 30.3 Å². The van der Waals surface area contributed by atoms with Crippen LogP contribution in [-0.2, 0) is 0 Å². The van der Waals surface area contributed by atoms with Crippen LogP contribution >= 0.6 is 34.2 Å². The second kappa shape index (κ2) is 7.74. The topological polar surface area (TPSA) is 56.8 Å². The van der Waals surface area contributed by atoms with E-state index >= 15 is 0 Å². The van der Waals surface area contributed by atoms with Crippen LogP contribution in [0.5, 0.6) is 17.2 Å². The molecule has 1 amide bonds. The Morgan fingerprint density at radius 2 is 1.74 bits per heavy atom. The van der Waals surface area contributed by atoms with Gasteiger partial charge in [-0.1, -0.05) is 11.6 Å². The highest BCUT2D eigenvalue weighted by Gasteiger charge is 2.17. The van der Waals surface area contributed by atoms with Crippen molar-refractivity contribution in [1.29, 1.82) is 0 Å². The van der Waals surface area contributed by atoms with E-state index < -0.39 is 0 Å². The van der Waals surface area contributed by atoms with E-state index in [0.29, 0.717) is 33.5 Å². The number of carbonyl (C=O) groups excluding carboxylic acids is 1. The monoisotopic (exact) mass is 447 g/mol. The number of hydrogen-bond acceptors (Lipinski definition) is 4. The van der Waals surface area contributed by atoms with E-state index in [-0.39, 0.29) is 5.91 Å². The van der Waals surface area contributed by atoms with Gasteiger partial charge in [-0.2, -0.15) is 0 Å². The minimum atomic E-state index is -0.355. The zero-order valence-corrected chi connectivity index (χ0v) is 15.7. The summed E-state index contributed by atoms with van der Waals surface area (Å²) in [4.78, 5) is 12.6. The number of rotatable bonds is 5. The van der Waals surface area contributed by atoms with Crippen molar-refractivity contribution in [1.82, 2.24) is 0 Å². The van der Waals surface area contributed by atoms with Crippen LogP contribution < -0.4 is 19.5 Å². The van der Waals surface area contributed by atoms with Crippen LogP contribution in [0.25, 0.3) is 0 Å². The summed E-state index contributed by atoms with van der Waals surface area (Å²) >= 11 is 8.19. The first kappa shape index (κ1) is 17.7. The molecule has 23 heavy (non-hydrogen) atoms. The molecule has 0 unspecified atom stereocenters. The zero-order valence-electron chi connectivity index (χ0n) is 12.8. The fraction of sp³-hybridized carbons (Fsp3) is 0.188. The van der Waals surface area contributed by atoms with E-state index in [1.807, 2.05) is 0 Å². The van der Waals surface area contributed by atoms with Crippen molar-refractivity contribution in [3.63, 3.8) is 0 Å². The molecule has 5 nitrogen and oxygen atoms in total. The van der Waals surface area contributed by atoms with Crippen LogP contribution in [0.3, 0.4) is 0 Å². The summed E-state index contributed by atoms with van der Waals surface area (Å²) in [6.45, 7) is 0. The third-order valence-electron chi connectivity index (χ3n) is 3.14. The Hall–Kier alpha value is -1.67. The maximum absolute atomic E-state index is 12.6. The van der Waals surface area contributed by atoms with Crippen molar-refractivity contribution in [3.05, 3.63) is 44.5 Å². The number of hydrogen-bond donors (Lipinski definition) is 1. The Morgan fingerprint density at radius 1 is 1.04 bits per heavy atom. The maximum atomic E-state index is 12.6. The zero-order chi connectivity index (χ0) is 17.0. The standard InChI is InChI=1S/C16H15ClINO4/c1-21-9-4-5-14(22-2)13(6-9)19-16(20)10-7-11(17)12(18)8-15(10)23-3/h4-8H,1-3H3,(H,19,20). The molecule has 0 aliphatic heterocycles. The molecule has 0 radical (unpaired) electrons. The van der Waals surface area contributed by atoms with E-state index in [0.717, 1.165) is 3.57 Å². The van der Waals surface area contributed by atoms with E-state index in [1.165, 1.54) is 14.2 Å². The van der Waals surface area contributed by atoms with Gasteiger partial charge in [-0.3, -0.25) is 4.79 Å². The highest BCUT2D eigenvalue weighted by atomic mass is 127. The number of halogens is 2. The minimum Gasteiger partial charge on any atom is -0.497 e. The van der Waals surface area contributed by atoms with Crippen molar-refractivity contribution in [3.8, 4) is 17.2 Å². The molecule has 0 aliphatic rings. The highest BCUT2D eigenvalue weighted by Crippen LogP contribution is 2.32. The molecule has 2 aromatic rings. The number of anilines is 1. The van der Waals surface area contributed by atoms with Gasteiger partial charge in [0.25, 0.3) is 5.91 Å². The third-order valence-corrected chi connectivity index (χ3v) is 4.67. The lowest BCUT2D eigenvalue weighted by molar-refractivity contribution is 0.102. The quantitative estimate of drug-likeness (QED) is 0.697. The summed E-state index contributed by atoms with van der Waals surface area (Å²) in [6.07, 6.45) is 0. The van der Waals surface area contributed by atoms with Crippen molar-refractivity contribution in [2.45, 2.75) is 0 Å². The lowest BCUT2D eigenvalue weighted by atomic mass is 10.1. The van der Waals surface area contributed by atoms with E-state index in [2.05, 4.69) is 27.9 Å². The third kappa shape index (κ3) is 4.00. The molecule has 7 heteroatoms. The summed E-state index contributed by atoms with van der Waals surface area (Å²) in [5.41, 5.74) is 0.830. The number of carbonyl (C=O) groups is 1. The molecule has 0 aliphatic carbocycles. The Morgan fingerprint density at radius 3 is 2.35 bits per heavy atom. The van der Waals surface area contributed by atoms with Gasteiger partial charge in [-0.15, -0.1) is 0 Å². The number of benzene rings is 2. The van der Waals surface area contributed by atoms with Crippen LogP contribution in [0.4, 0.5) is 5.69 Å².